The van der Waals surface area contributed by atoms with Crippen LogP contribution in [0.4, 0.5) is 4.39 Å². The highest BCUT2D eigenvalue weighted by Gasteiger charge is 2.16. The first-order valence-electron chi connectivity index (χ1n) is 6.17. The number of hydrogen-bond donors (Lipinski definition) is 1. The highest BCUT2D eigenvalue weighted by atomic mass is 79.9. The van der Waals surface area contributed by atoms with E-state index in [1.807, 2.05) is 0 Å². The highest BCUT2D eigenvalue weighted by Crippen LogP contribution is 2.15. The molecule has 0 aromatic heterocycles. The lowest BCUT2D eigenvalue weighted by molar-refractivity contribution is -0.134. The molecule has 1 aliphatic rings. The lowest BCUT2D eigenvalue weighted by Crippen LogP contribution is -2.44. The molecule has 1 heterocycles. The van der Waals surface area contributed by atoms with E-state index in [0.29, 0.717) is 38.4 Å². The summed E-state index contributed by atoms with van der Waals surface area (Å²) < 4.78 is 19.5. The van der Waals surface area contributed by atoms with E-state index in [-0.39, 0.29) is 18.3 Å². The molecule has 0 bridgehead atoms. The second-order valence-corrected chi connectivity index (χ2v) is 5.25. The normalized spacial score (nSPS) is 15.6. The standard InChI is InChI=1S/C13H16BrFN2O2/c14-11-1-2-12(15)10(7-11)8-16-9-13(18)17-3-5-19-6-4-17/h1-2,7,16H,3-6,8-9H2. The Bertz CT molecular complexity index is 450. The van der Waals surface area contributed by atoms with Crippen molar-refractivity contribution >= 4 is 21.8 Å². The number of carbonyl (C=O) groups is 1. The third-order valence-corrected chi connectivity index (χ3v) is 3.46. The van der Waals surface area contributed by atoms with Crippen LogP contribution in [-0.2, 0) is 16.1 Å². The first-order valence-corrected chi connectivity index (χ1v) is 6.96. The maximum absolute atomic E-state index is 13.5. The molecule has 0 radical (unpaired) electrons. The third kappa shape index (κ3) is 4.26. The summed E-state index contributed by atoms with van der Waals surface area (Å²) in [5.41, 5.74) is 0.546. The SMILES string of the molecule is O=C(CNCc1cc(Br)ccc1F)N1CCOCC1. The topological polar surface area (TPSA) is 41.6 Å². The molecule has 104 valence electrons. The van der Waals surface area contributed by atoms with Gasteiger partial charge < -0.3 is 15.0 Å². The number of morpholine rings is 1. The summed E-state index contributed by atoms with van der Waals surface area (Å²) in [4.78, 5) is 13.6. The molecule has 1 amide bonds. The van der Waals surface area contributed by atoms with Gasteiger partial charge in [0.25, 0.3) is 0 Å². The summed E-state index contributed by atoms with van der Waals surface area (Å²) in [7, 11) is 0. The molecule has 0 atom stereocenters. The summed E-state index contributed by atoms with van der Waals surface area (Å²) in [6.07, 6.45) is 0. The Morgan fingerprint density at radius 3 is 2.89 bits per heavy atom. The van der Waals surface area contributed by atoms with Gasteiger partial charge in [0.15, 0.2) is 0 Å². The first-order chi connectivity index (χ1) is 9.16. The average Bonchev–Trinajstić information content (AvgIpc) is 2.43. The number of ether oxygens (including phenoxy) is 1. The maximum atomic E-state index is 13.5. The molecular formula is C13H16BrFN2O2. The number of nitrogens with zero attached hydrogens (tertiary/aromatic N) is 1. The van der Waals surface area contributed by atoms with E-state index in [0.717, 1.165) is 4.47 Å². The molecule has 1 aromatic rings. The summed E-state index contributed by atoms with van der Waals surface area (Å²) in [5, 5.41) is 2.97. The number of hydrogen-bond acceptors (Lipinski definition) is 3. The lowest BCUT2D eigenvalue weighted by Gasteiger charge is -2.26. The molecule has 0 spiro atoms. The van der Waals surface area contributed by atoms with Gasteiger partial charge in [0, 0.05) is 29.7 Å². The fraction of sp³-hybridized carbons (Fsp3) is 0.462. The predicted molar refractivity (Wildman–Crippen MR) is 73.2 cm³/mol. The number of rotatable bonds is 4. The molecule has 1 aliphatic heterocycles. The van der Waals surface area contributed by atoms with Crippen molar-refractivity contribution in [3.8, 4) is 0 Å². The van der Waals surface area contributed by atoms with E-state index in [2.05, 4.69) is 21.2 Å². The van der Waals surface area contributed by atoms with Crippen molar-refractivity contribution < 1.29 is 13.9 Å². The summed E-state index contributed by atoms with van der Waals surface area (Å²) in [6, 6.07) is 4.77. The minimum absolute atomic E-state index is 0.0266. The largest absolute Gasteiger partial charge is 0.378 e. The van der Waals surface area contributed by atoms with Gasteiger partial charge in [0.2, 0.25) is 5.91 Å². The zero-order chi connectivity index (χ0) is 13.7. The van der Waals surface area contributed by atoms with Gasteiger partial charge in [-0.1, -0.05) is 15.9 Å². The Kier molecular flexibility index (Phi) is 5.30. The molecule has 1 N–H and O–H groups in total. The van der Waals surface area contributed by atoms with Crippen LogP contribution in [0.1, 0.15) is 5.56 Å². The molecule has 0 unspecified atom stereocenters. The smallest absolute Gasteiger partial charge is 0.236 e. The third-order valence-electron chi connectivity index (χ3n) is 2.96. The summed E-state index contributed by atoms with van der Waals surface area (Å²) in [6.45, 7) is 2.99. The quantitative estimate of drug-likeness (QED) is 0.910. The Hall–Kier alpha value is -0.980. The molecule has 1 fully saturated rings. The van der Waals surface area contributed by atoms with E-state index in [1.165, 1.54) is 6.07 Å². The molecular weight excluding hydrogens is 315 g/mol. The van der Waals surface area contributed by atoms with Crippen LogP contribution < -0.4 is 5.32 Å². The van der Waals surface area contributed by atoms with Crippen LogP contribution in [0.15, 0.2) is 22.7 Å². The van der Waals surface area contributed by atoms with Crippen molar-refractivity contribution in [1.82, 2.24) is 10.2 Å². The van der Waals surface area contributed by atoms with Crippen LogP contribution in [0.2, 0.25) is 0 Å². The van der Waals surface area contributed by atoms with Crippen molar-refractivity contribution in [3.63, 3.8) is 0 Å². The van der Waals surface area contributed by atoms with Gasteiger partial charge in [0.1, 0.15) is 5.82 Å². The van der Waals surface area contributed by atoms with Gasteiger partial charge in [-0.15, -0.1) is 0 Å². The number of benzene rings is 1. The average molecular weight is 331 g/mol. The molecule has 19 heavy (non-hydrogen) atoms. The summed E-state index contributed by atoms with van der Waals surface area (Å²) in [5.74, 6) is -0.242. The first kappa shape index (κ1) is 14.4. The van der Waals surface area contributed by atoms with Crippen molar-refractivity contribution in [3.05, 3.63) is 34.1 Å². The summed E-state index contributed by atoms with van der Waals surface area (Å²) >= 11 is 3.30. The van der Waals surface area contributed by atoms with Crippen LogP contribution in [0.25, 0.3) is 0 Å². The van der Waals surface area contributed by atoms with Crippen LogP contribution in [0.5, 0.6) is 0 Å². The highest BCUT2D eigenvalue weighted by molar-refractivity contribution is 9.10. The second-order valence-electron chi connectivity index (χ2n) is 4.33. The predicted octanol–water partition coefficient (Wildman–Crippen LogP) is 1.54. The van der Waals surface area contributed by atoms with E-state index >= 15 is 0 Å². The number of nitrogens with one attached hydrogen (secondary N) is 1. The Morgan fingerprint density at radius 2 is 2.16 bits per heavy atom. The van der Waals surface area contributed by atoms with Crippen LogP contribution in [0, 0.1) is 5.82 Å². The minimum Gasteiger partial charge on any atom is -0.378 e. The van der Waals surface area contributed by atoms with Gasteiger partial charge in [-0.2, -0.15) is 0 Å². The fourth-order valence-electron chi connectivity index (χ4n) is 1.91. The zero-order valence-electron chi connectivity index (χ0n) is 10.5. The van der Waals surface area contributed by atoms with Crippen LogP contribution >= 0.6 is 15.9 Å². The molecule has 4 nitrogen and oxygen atoms in total. The number of carbonyl (C=O) groups excluding carboxylic acids is 1. The van der Waals surface area contributed by atoms with Crippen molar-refractivity contribution in [2.75, 3.05) is 32.8 Å². The van der Waals surface area contributed by atoms with E-state index < -0.39 is 0 Å². The number of amides is 1. The Morgan fingerprint density at radius 1 is 1.42 bits per heavy atom. The van der Waals surface area contributed by atoms with Crippen LogP contribution in [-0.4, -0.2) is 43.7 Å². The second kappa shape index (κ2) is 6.98. The van der Waals surface area contributed by atoms with E-state index in [9.17, 15) is 9.18 Å². The molecule has 0 aliphatic carbocycles. The van der Waals surface area contributed by atoms with Gasteiger partial charge >= 0.3 is 0 Å². The van der Waals surface area contributed by atoms with Gasteiger partial charge in [-0.25, -0.2) is 4.39 Å². The number of halogens is 2. The van der Waals surface area contributed by atoms with Crippen LogP contribution in [0.3, 0.4) is 0 Å². The zero-order valence-corrected chi connectivity index (χ0v) is 12.1. The van der Waals surface area contributed by atoms with E-state index in [1.54, 1.807) is 17.0 Å². The molecule has 2 rings (SSSR count). The van der Waals surface area contributed by atoms with Gasteiger partial charge in [-0.05, 0) is 18.2 Å². The molecule has 0 saturated carbocycles. The van der Waals surface area contributed by atoms with Gasteiger partial charge in [0.05, 0.1) is 19.8 Å². The molecule has 1 aromatic carbocycles. The lowest BCUT2D eigenvalue weighted by atomic mass is 10.2. The Balaban J connectivity index is 1.79. The molecule has 1 saturated heterocycles. The minimum atomic E-state index is -0.269. The fourth-order valence-corrected chi connectivity index (χ4v) is 2.32. The van der Waals surface area contributed by atoms with E-state index in [4.69, 9.17) is 4.74 Å². The van der Waals surface area contributed by atoms with Crippen molar-refractivity contribution in [2.24, 2.45) is 0 Å². The van der Waals surface area contributed by atoms with Crippen molar-refractivity contribution in [1.29, 1.82) is 0 Å². The van der Waals surface area contributed by atoms with Crippen molar-refractivity contribution in [2.45, 2.75) is 6.54 Å². The monoisotopic (exact) mass is 330 g/mol. The maximum Gasteiger partial charge on any atom is 0.236 e. The Labute approximate surface area is 120 Å². The van der Waals surface area contributed by atoms with Gasteiger partial charge in [-0.3, -0.25) is 4.79 Å². The molecule has 6 heteroatoms.